The Labute approximate surface area is 52.0 Å². The fourth-order valence-electron chi connectivity index (χ4n) is 0.0412. The Kier molecular flexibility index (Phi) is 4.45. The second kappa shape index (κ2) is 3.94. The molecule has 0 nitrogen and oxygen atoms in total. The van der Waals surface area contributed by atoms with E-state index in [1.165, 1.54) is 0 Å². The largest absolute Gasteiger partial charge is 0.126 e. The molecule has 0 saturated heterocycles. The van der Waals surface area contributed by atoms with Crippen LogP contribution in [0.1, 0.15) is 6.92 Å². The molecule has 0 aromatic rings. The van der Waals surface area contributed by atoms with Gasteiger partial charge >= 0.3 is 0 Å². The molecule has 1 atom stereocenters. The van der Waals surface area contributed by atoms with E-state index in [2.05, 4.69) is 22.9 Å². The highest BCUT2D eigenvalue weighted by Crippen LogP contribution is 2.00. The Morgan fingerprint density at radius 1 is 1.83 bits per heavy atom. The molecule has 0 unspecified atom stereocenters. The van der Waals surface area contributed by atoms with E-state index >= 15 is 0 Å². The Morgan fingerprint density at radius 3 is 2.33 bits per heavy atom. The van der Waals surface area contributed by atoms with E-state index in [9.17, 15) is 0 Å². The molecule has 2 heteroatoms. The van der Waals surface area contributed by atoms with Gasteiger partial charge in [0.05, 0.1) is 0 Å². The van der Waals surface area contributed by atoms with E-state index in [0.29, 0.717) is 5.92 Å². The lowest BCUT2D eigenvalue weighted by atomic mass is 10.3. The third kappa shape index (κ3) is 2.98. The molecular weight excluding hydrogens is 163 g/mol. The topological polar surface area (TPSA) is 0 Å². The summed E-state index contributed by atoms with van der Waals surface area (Å²) in [4.78, 5) is 0. The van der Waals surface area contributed by atoms with Crippen molar-refractivity contribution in [3.05, 3.63) is 0 Å². The first-order valence-electron chi connectivity index (χ1n) is 1.93. The molecule has 0 saturated carbocycles. The van der Waals surface area contributed by atoms with Gasteiger partial charge in [0.15, 0.2) is 0 Å². The van der Waals surface area contributed by atoms with Crippen LogP contribution in [-0.4, -0.2) is 11.2 Å². The number of halogens is 2. The quantitative estimate of drug-likeness (QED) is 0.559. The average molecular weight is 171 g/mol. The molecule has 0 aliphatic heterocycles. The molecule has 6 heavy (non-hydrogen) atoms. The van der Waals surface area contributed by atoms with Gasteiger partial charge in [-0.25, -0.2) is 0 Å². The van der Waals surface area contributed by atoms with Crippen LogP contribution in [0.3, 0.4) is 0 Å². The number of hydrogen-bond donors (Lipinski definition) is 0. The van der Waals surface area contributed by atoms with Crippen LogP contribution in [0.25, 0.3) is 0 Å². The van der Waals surface area contributed by atoms with Gasteiger partial charge in [0.2, 0.25) is 0 Å². The first kappa shape index (κ1) is 6.77. The third-order valence-corrected chi connectivity index (χ3v) is 2.16. The fraction of sp³-hybridized carbons (Fsp3) is 1.00. The fourth-order valence-corrected chi connectivity index (χ4v) is 0.643. The molecule has 0 aromatic carbocycles. The van der Waals surface area contributed by atoms with Crippen LogP contribution in [0.15, 0.2) is 0 Å². The lowest BCUT2D eigenvalue weighted by Crippen LogP contribution is -1.94. The predicted molar refractivity (Wildman–Crippen MR) is 33.7 cm³/mol. The van der Waals surface area contributed by atoms with Gasteiger partial charge in [0, 0.05) is 11.2 Å². The Morgan fingerprint density at radius 2 is 2.33 bits per heavy atom. The summed E-state index contributed by atoms with van der Waals surface area (Å²) in [7, 11) is 0. The zero-order valence-corrected chi connectivity index (χ0v) is 6.09. The van der Waals surface area contributed by atoms with Crippen molar-refractivity contribution in [2.24, 2.45) is 5.92 Å². The summed E-state index contributed by atoms with van der Waals surface area (Å²) >= 11 is 8.71. The van der Waals surface area contributed by atoms with E-state index in [4.69, 9.17) is 11.6 Å². The monoisotopic (exact) mass is 170 g/mol. The maximum atomic E-state index is 5.42. The Hall–Kier alpha value is 0.770. The molecule has 0 fully saturated rings. The lowest BCUT2D eigenvalue weighted by molar-refractivity contribution is 0.765. The van der Waals surface area contributed by atoms with Gasteiger partial charge in [0.25, 0.3) is 0 Å². The zero-order chi connectivity index (χ0) is 4.99. The standard InChI is InChI=1S/C4H8BrCl/c1-4(2-5)3-6/h4H,2-3H2,1H3/t4-/m1/s1. The van der Waals surface area contributed by atoms with Crippen molar-refractivity contribution in [1.29, 1.82) is 0 Å². The van der Waals surface area contributed by atoms with Crippen molar-refractivity contribution in [1.82, 2.24) is 0 Å². The van der Waals surface area contributed by atoms with Crippen LogP contribution in [0, 0.1) is 5.92 Å². The van der Waals surface area contributed by atoms with Gasteiger partial charge in [-0.2, -0.15) is 0 Å². The SMILES string of the molecule is C[C@@H](CCl)CBr. The average Bonchev–Trinajstić information content (AvgIpc) is 1.65. The lowest BCUT2D eigenvalue weighted by Gasteiger charge is -1.95. The highest BCUT2D eigenvalue weighted by molar-refractivity contribution is 9.09. The molecule has 38 valence electrons. The summed E-state index contributed by atoms with van der Waals surface area (Å²) in [5.74, 6) is 1.37. The molecule has 0 heterocycles. The van der Waals surface area contributed by atoms with Crippen molar-refractivity contribution in [3.63, 3.8) is 0 Å². The second-order valence-electron chi connectivity index (χ2n) is 1.41. The highest BCUT2D eigenvalue weighted by atomic mass is 79.9. The molecule has 0 spiro atoms. The summed E-state index contributed by atoms with van der Waals surface area (Å²) in [6.07, 6.45) is 0. The normalized spacial score (nSPS) is 14.5. The van der Waals surface area contributed by atoms with Crippen LogP contribution in [0.5, 0.6) is 0 Å². The van der Waals surface area contributed by atoms with Crippen molar-refractivity contribution in [3.8, 4) is 0 Å². The predicted octanol–water partition coefficient (Wildman–Crippen LogP) is 2.26. The van der Waals surface area contributed by atoms with E-state index in [-0.39, 0.29) is 0 Å². The van der Waals surface area contributed by atoms with Gasteiger partial charge in [-0.05, 0) is 5.92 Å². The molecular formula is C4H8BrCl. The molecule has 0 radical (unpaired) electrons. The van der Waals surface area contributed by atoms with Crippen molar-refractivity contribution >= 4 is 27.5 Å². The minimum Gasteiger partial charge on any atom is -0.126 e. The second-order valence-corrected chi connectivity index (χ2v) is 2.37. The van der Waals surface area contributed by atoms with Crippen LogP contribution >= 0.6 is 27.5 Å². The first-order chi connectivity index (χ1) is 2.81. The first-order valence-corrected chi connectivity index (χ1v) is 3.58. The smallest absolute Gasteiger partial charge is 0.0257 e. The molecule has 0 aliphatic carbocycles. The van der Waals surface area contributed by atoms with Crippen molar-refractivity contribution < 1.29 is 0 Å². The molecule has 0 rings (SSSR count). The van der Waals surface area contributed by atoms with Crippen molar-refractivity contribution in [2.75, 3.05) is 11.2 Å². The number of hydrogen-bond acceptors (Lipinski definition) is 0. The Bertz CT molecular complexity index is 26.7. The number of rotatable bonds is 2. The van der Waals surface area contributed by atoms with E-state index in [1.807, 2.05) is 0 Å². The van der Waals surface area contributed by atoms with E-state index < -0.39 is 0 Å². The summed E-state index contributed by atoms with van der Waals surface area (Å²) < 4.78 is 0. The van der Waals surface area contributed by atoms with Crippen LogP contribution < -0.4 is 0 Å². The minimum absolute atomic E-state index is 0.617. The summed E-state index contributed by atoms with van der Waals surface area (Å²) in [6, 6.07) is 0. The van der Waals surface area contributed by atoms with Crippen LogP contribution in [0.2, 0.25) is 0 Å². The summed E-state index contributed by atoms with van der Waals surface area (Å²) in [6.45, 7) is 2.10. The maximum Gasteiger partial charge on any atom is 0.0257 e. The van der Waals surface area contributed by atoms with Crippen LogP contribution in [-0.2, 0) is 0 Å². The van der Waals surface area contributed by atoms with E-state index in [1.54, 1.807) is 0 Å². The molecule has 0 aromatic heterocycles. The third-order valence-electron chi connectivity index (χ3n) is 0.527. The highest BCUT2D eigenvalue weighted by Gasteiger charge is 1.91. The molecule has 0 bridgehead atoms. The van der Waals surface area contributed by atoms with Gasteiger partial charge in [-0.15, -0.1) is 11.6 Å². The van der Waals surface area contributed by atoms with E-state index in [0.717, 1.165) is 11.2 Å². The zero-order valence-electron chi connectivity index (χ0n) is 3.75. The summed E-state index contributed by atoms with van der Waals surface area (Å²) in [5, 5.41) is 1.01. The maximum absolute atomic E-state index is 5.42. The molecule has 0 N–H and O–H groups in total. The Balaban J connectivity index is 2.75. The van der Waals surface area contributed by atoms with Gasteiger partial charge < -0.3 is 0 Å². The van der Waals surface area contributed by atoms with Crippen LogP contribution in [0.4, 0.5) is 0 Å². The van der Waals surface area contributed by atoms with Crippen molar-refractivity contribution in [2.45, 2.75) is 6.92 Å². The van der Waals surface area contributed by atoms with Gasteiger partial charge in [0.1, 0.15) is 0 Å². The van der Waals surface area contributed by atoms with Gasteiger partial charge in [-0.1, -0.05) is 22.9 Å². The molecule has 0 amide bonds. The summed E-state index contributed by atoms with van der Waals surface area (Å²) in [5.41, 5.74) is 0. The number of alkyl halides is 2. The minimum atomic E-state index is 0.617. The van der Waals surface area contributed by atoms with Gasteiger partial charge in [-0.3, -0.25) is 0 Å². The molecule has 0 aliphatic rings.